The number of nitrogens with one attached hydrogen (secondary N) is 3. The molecule has 6 heteroatoms. The van der Waals surface area contributed by atoms with Crippen molar-refractivity contribution in [2.75, 3.05) is 25.5 Å². The first-order valence-electron chi connectivity index (χ1n) is 4.76. The van der Waals surface area contributed by atoms with Crippen LogP contribution in [0.4, 0.5) is 5.82 Å². The SMILES string of the molecule is CNCC(C)CNc1nc[nH]c(=O)c1I. The van der Waals surface area contributed by atoms with Crippen molar-refractivity contribution in [2.24, 2.45) is 5.92 Å². The Morgan fingerprint density at radius 1 is 1.60 bits per heavy atom. The van der Waals surface area contributed by atoms with E-state index < -0.39 is 0 Å². The molecule has 1 rings (SSSR count). The van der Waals surface area contributed by atoms with Gasteiger partial charge in [-0.15, -0.1) is 0 Å². The Balaban J connectivity index is 2.58. The van der Waals surface area contributed by atoms with Crippen LogP contribution in [0, 0.1) is 9.49 Å². The van der Waals surface area contributed by atoms with Gasteiger partial charge >= 0.3 is 0 Å². The van der Waals surface area contributed by atoms with E-state index in [-0.39, 0.29) is 5.56 Å². The number of hydrogen-bond acceptors (Lipinski definition) is 4. The largest absolute Gasteiger partial charge is 0.369 e. The molecule has 0 radical (unpaired) electrons. The fourth-order valence-corrected chi connectivity index (χ4v) is 1.68. The minimum absolute atomic E-state index is 0.102. The molecule has 0 aliphatic rings. The average molecular weight is 322 g/mol. The van der Waals surface area contributed by atoms with Gasteiger partial charge in [-0.2, -0.15) is 0 Å². The topological polar surface area (TPSA) is 69.8 Å². The molecule has 0 aliphatic carbocycles. The zero-order valence-electron chi connectivity index (χ0n) is 8.80. The molecule has 15 heavy (non-hydrogen) atoms. The van der Waals surface area contributed by atoms with Crippen LogP contribution in [0.25, 0.3) is 0 Å². The smallest absolute Gasteiger partial charge is 0.266 e. The molecule has 3 N–H and O–H groups in total. The maximum absolute atomic E-state index is 11.3. The Labute approximate surface area is 102 Å². The van der Waals surface area contributed by atoms with Gasteiger partial charge in [0.15, 0.2) is 0 Å². The highest BCUT2D eigenvalue weighted by molar-refractivity contribution is 14.1. The minimum atomic E-state index is -0.102. The molecule has 0 fully saturated rings. The summed E-state index contributed by atoms with van der Waals surface area (Å²) in [5.41, 5.74) is -0.102. The van der Waals surface area contributed by atoms with Crippen molar-refractivity contribution < 1.29 is 0 Å². The van der Waals surface area contributed by atoms with Gasteiger partial charge in [0.25, 0.3) is 5.56 Å². The van der Waals surface area contributed by atoms with Gasteiger partial charge in [-0.1, -0.05) is 6.92 Å². The molecule has 0 saturated heterocycles. The molecular formula is C9H15IN4O. The monoisotopic (exact) mass is 322 g/mol. The third-order valence-corrected chi connectivity index (χ3v) is 2.97. The van der Waals surface area contributed by atoms with Gasteiger partial charge in [-0.25, -0.2) is 4.98 Å². The highest BCUT2D eigenvalue weighted by Crippen LogP contribution is 2.09. The Bertz CT molecular complexity index is 365. The molecule has 1 atom stereocenters. The van der Waals surface area contributed by atoms with Crippen LogP contribution in [0.2, 0.25) is 0 Å². The van der Waals surface area contributed by atoms with Crippen LogP contribution in [0.15, 0.2) is 11.1 Å². The van der Waals surface area contributed by atoms with Gasteiger partial charge < -0.3 is 15.6 Å². The van der Waals surface area contributed by atoms with Crippen molar-refractivity contribution in [3.8, 4) is 0 Å². The number of H-pyrrole nitrogens is 1. The zero-order chi connectivity index (χ0) is 11.3. The number of aromatic nitrogens is 2. The molecular weight excluding hydrogens is 307 g/mol. The van der Waals surface area contributed by atoms with Gasteiger partial charge in [0, 0.05) is 6.54 Å². The van der Waals surface area contributed by atoms with Crippen LogP contribution in [-0.4, -0.2) is 30.1 Å². The summed E-state index contributed by atoms with van der Waals surface area (Å²) in [7, 11) is 1.92. The lowest BCUT2D eigenvalue weighted by Gasteiger charge is -2.12. The van der Waals surface area contributed by atoms with Gasteiger partial charge in [0.2, 0.25) is 0 Å². The number of rotatable bonds is 5. The molecule has 84 valence electrons. The summed E-state index contributed by atoms with van der Waals surface area (Å²) in [6, 6.07) is 0. The molecule has 0 bridgehead atoms. The summed E-state index contributed by atoms with van der Waals surface area (Å²) in [4.78, 5) is 17.9. The van der Waals surface area contributed by atoms with Crippen LogP contribution in [0.5, 0.6) is 0 Å². The third-order valence-electron chi connectivity index (χ3n) is 1.97. The lowest BCUT2D eigenvalue weighted by Crippen LogP contribution is -2.24. The lowest BCUT2D eigenvalue weighted by atomic mass is 10.2. The molecule has 1 aromatic rings. The fraction of sp³-hybridized carbons (Fsp3) is 0.556. The number of aromatic amines is 1. The van der Waals surface area contributed by atoms with E-state index >= 15 is 0 Å². The second kappa shape index (κ2) is 6.06. The van der Waals surface area contributed by atoms with E-state index in [4.69, 9.17) is 0 Å². The molecule has 0 amide bonds. The van der Waals surface area contributed by atoms with E-state index in [9.17, 15) is 4.79 Å². The van der Waals surface area contributed by atoms with E-state index in [1.54, 1.807) is 0 Å². The molecule has 1 unspecified atom stereocenters. The third kappa shape index (κ3) is 3.78. The second-order valence-corrected chi connectivity index (χ2v) is 4.52. The van der Waals surface area contributed by atoms with Crippen LogP contribution >= 0.6 is 22.6 Å². The first kappa shape index (κ1) is 12.4. The van der Waals surface area contributed by atoms with E-state index in [1.165, 1.54) is 6.33 Å². The summed E-state index contributed by atoms with van der Waals surface area (Å²) in [5, 5.41) is 6.26. The highest BCUT2D eigenvalue weighted by atomic mass is 127. The van der Waals surface area contributed by atoms with Gasteiger partial charge in [0.05, 0.1) is 6.33 Å². The van der Waals surface area contributed by atoms with Crippen LogP contribution < -0.4 is 16.2 Å². The molecule has 0 saturated carbocycles. The number of halogens is 1. The van der Waals surface area contributed by atoms with Crippen molar-refractivity contribution in [1.82, 2.24) is 15.3 Å². The normalized spacial score (nSPS) is 12.5. The summed E-state index contributed by atoms with van der Waals surface area (Å²) < 4.78 is 0.603. The Kier molecular flexibility index (Phi) is 5.03. The Morgan fingerprint density at radius 2 is 2.33 bits per heavy atom. The molecule has 1 aromatic heterocycles. The van der Waals surface area contributed by atoms with Gasteiger partial charge in [-0.3, -0.25) is 4.79 Å². The Morgan fingerprint density at radius 3 is 3.00 bits per heavy atom. The lowest BCUT2D eigenvalue weighted by molar-refractivity contribution is 0.568. The van der Waals surface area contributed by atoms with E-state index in [0.717, 1.165) is 13.1 Å². The fourth-order valence-electron chi connectivity index (χ4n) is 1.20. The van der Waals surface area contributed by atoms with Crippen molar-refractivity contribution in [2.45, 2.75) is 6.92 Å². The molecule has 5 nitrogen and oxygen atoms in total. The standard InChI is InChI=1S/C9H15IN4O/c1-6(3-11-2)4-12-8-7(10)9(15)14-5-13-8/h5-6,11H,3-4H2,1-2H3,(H2,12,13,14,15). The molecule has 1 heterocycles. The second-order valence-electron chi connectivity index (χ2n) is 3.44. The van der Waals surface area contributed by atoms with Gasteiger partial charge in [0.1, 0.15) is 9.39 Å². The van der Waals surface area contributed by atoms with Crippen LogP contribution in [0.1, 0.15) is 6.92 Å². The van der Waals surface area contributed by atoms with Crippen molar-refractivity contribution >= 4 is 28.4 Å². The average Bonchev–Trinajstić information content (AvgIpc) is 2.21. The molecule has 0 spiro atoms. The van der Waals surface area contributed by atoms with E-state index in [1.807, 2.05) is 29.6 Å². The van der Waals surface area contributed by atoms with Crippen molar-refractivity contribution in [1.29, 1.82) is 0 Å². The van der Waals surface area contributed by atoms with Crippen LogP contribution in [-0.2, 0) is 0 Å². The number of nitrogens with zero attached hydrogens (tertiary/aromatic N) is 1. The Hall–Kier alpha value is -0.630. The quantitative estimate of drug-likeness (QED) is 0.696. The first-order chi connectivity index (χ1) is 7.15. The predicted molar refractivity (Wildman–Crippen MR) is 69.2 cm³/mol. The van der Waals surface area contributed by atoms with Crippen molar-refractivity contribution in [3.05, 3.63) is 20.3 Å². The van der Waals surface area contributed by atoms with E-state index in [0.29, 0.717) is 15.3 Å². The summed E-state index contributed by atoms with van der Waals surface area (Å²) >= 11 is 1.99. The van der Waals surface area contributed by atoms with Crippen LogP contribution in [0.3, 0.4) is 0 Å². The highest BCUT2D eigenvalue weighted by Gasteiger charge is 2.06. The van der Waals surface area contributed by atoms with Gasteiger partial charge in [-0.05, 0) is 42.1 Å². The summed E-state index contributed by atoms with van der Waals surface area (Å²) in [6.45, 7) is 3.86. The maximum atomic E-state index is 11.3. The molecule has 0 aromatic carbocycles. The summed E-state index contributed by atoms with van der Waals surface area (Å²) in [5.74, 6) is 1.15. The van der Waals surface area contributed by atoms with E-state index in [2.05, 4.69) is 27.5 Å². The summed E-state index contributed by atoms with van der Waals surface area (Å²) in [6.07, 6.45) is 1.41. The predicted octanol–water partition coefficient (Wildman–Crippen LogP) is 0.642. The zero-order valence-corrected chi connectivity index (χ0v) is 11.0. The molecule has 0 aliphatic heterocycles. The number of anilines is 1. The number of hydrogen-bond donors (Lipinski definition) is 3. The van der Waals surface area contributed by atoms with Crippen molar-refractivity contribution in [3.63, 3.8) is 0 Å². The first-order valence-corrected chi connectivity index (χ1v) is 5.84. The maximum Gasteiger partial charge on any atom is 0.266 e. The minimum Gasteiger partial charge on any atom is -0.369 e.